The Hall–Kier alpha value is 0.440. The molecular weight excluding hydrogens is 318 g/mol. The van der Waals surface area contributed by atoms with E-state index in [2.05, 4.69) is 0 Å². The Morgan fingerprint density at radius 1 is 1.14 bits per heavy atom. The predicted octanol–water partition coefficient (Wildman–Crippen LogP) is 1.60. The van der Waals surface area contributed by atoms with E-state index in [1.165, 1.54) is 0 Å². The van der Waals surface area contributed by atoms with Crippen molar-refractivity contribution in [2.24, 2.45) is 0 Å². The Balaban J connectivity index is 4.00. The SMILES string of the molecule is N#CC(I)(I)C#N. The molecule has 0 saturated heterocycles. The van der Waals surface area contributed by atoms with Crippen LogP contribution in [-0.2, 0) is 0 Å². The molecule has 0 spiro atoms. The highest BCUT2D eigenvalue weighted by molar-refractivity contribution is 14.2. The van der Waals surface area contributed by atoms with Crippen molar-refractivity contribution in [3.63, 3.8) is 0 Å². The first-order valence-corrected chi connectivity index (χ1v) is 3.48. The summed E-state index contributed by atoms with van der Waals surface area (Å²) in [5.41, 5.74) is 0. The second kappa shape index (κ2) is 2.68. The molecule has 0 amide bonds. The number of nitriles is 2. The van der Waals surface area contributed by atoms with Crippen LogP contribution in [0.5, 0.6) is 0 Å². The van der Waals surface area contributed by atoms with Gasteiger partial charge in [0.25, 0.3) is 0 Å². The summed E-state index contributed by atoms with van der Waals surface area (Å²) in [5, 5.41) is 16.2. The molecule has 0 radical (unpaired) electrons. The molecular formula is C3I2N2. The maximum absolute atomic E-state index is 8.11. The molecule has 0 unspecified atom stereocenters. The zero-order valence-corrected chi connectivity index (χ0v) is 7.47. The van der Waals surface area contributed by atoms with E-state index in [0.717, 1.165) is 0 Å². The lowest BCUT2D eigenvalue weighted by Gasteiger charge is -1.91. The fourth-order valence-electron chi connectivity index (χ4n) is 0.0250. The van der Waals surface area contributed by atoms with Crippen molar-refractivity contribution in [1.29, 1.82) is 10.5 Å². The van der Waals surface area contributed by atoms with Gasteiger partial charge in [0, 0.05) is 0 Å². The highest BCUT2D eigenvalue weighted by atomic mass is 127. The third-order valence-electron chi connectivity index (χ3n) is 0.281. The maximum atomic E-state index is 8.11. The van der Waals surface area contributed by atoms with Gasteiger partial charge in [-0.3, -0.25) is 0 Å². The maximum Gasteiger partial charge on any atom is 0.243 e. The molecule has 0 heterocycles. The van der Waals surface area contributed by atoms with Crippen LogP contribution in [0.3, 0.4) is 0 Å². The fraction of sp³-hybridized carbons (Fsp3) is 0.333. The molecule has 0 aromatic heterocycles. The topological polar surface area (TPSA) is 47.6 Å². The Kier molecular flexibility index (Phi) is 2.84. The molecule has 4 heteroatoms. The summed E-state index contributed by atoms with van der Waals surface area (Å²) in [7, 11) is 0. The van der Waals surface area contributed by atoms with Crippen LogP contribution in [0.2, 0.25) is 0 Å². The molecule has 0 aromatic rings. The second-order valence-corrected chi connectivity index (χ2v) is 6.10. The molecule has 0 N–H and O–H groups in total. The lowest BCUT2D eigenvalue weighted by molar-refractivity contribution is 1.35. The van der Waals surface area contributed by atoms with Crippen molar-refractivity contribution < 1.29 is 0 Å². The Morgan fingerprint density at radius 2 is 1.43 bits per heavy atom. The Morgan fingerprint density at radius 3 is 1.43 bits per heavy atom. The van der Waals surface area contributed by atoms with Gasteiger partial charge < -0.3 is 0 Å². The summed E-state index contributed by atoms with van der Waals surface area (Å²) in [5.74, 6) is 0. The number of rotatable bonds is 0. The molecule has 0 saturated carbocycles. The molecule has 0 aromatic carbocycles. The quantitative estimate of drug-likeness (QED) is 0.503. The number of nitrogens with zero attached hydrogens (tertiary/aromatic N) is 2. The average Bonchev–Trinajstić information content (AvgIpc) is 1.68. The molecule has 0 bridgehead atoms. The van der Waals surface area contributed by atoms with Gasteiger partial charge in [-0.25, -0.2) is 0 Å². The molecule has 0 fully saturated rings. The van der Waals surface area contributed by atoms with Crippen LogP contribution in [-0.4, -0.2) is 1.43 Å². The predicted molar refractivity (Wildman–Crippen MR) is 42.0 cm³/mol. The number of hydrogen-bond acceptors (Lipinski definition) is 2. The van der Waals surface area contributed by atoms with Crippen LogP contribution in [0.25, 0.3) is 0 Å². The average molecular weight is 318 g/mol. The summed E-state index contributed by atoms with van der Waals surface area (Å²) in [6.07, 6.45) is 0. The second-order valence-electron chi connectivity index (χ2n) is 0.798. The minimum absolute atomic E-state index is 0.866. The highest BCUT2D eigenvalue weighted by Crippen LogP contribution is 2.24. The molecule has 0 aliphatic carbocycles. The zero-order chi connectivity index (χ0) is 5.91. The third-order valence-corrected chi connectivity index (χ3v) is 1.25. The van der Waals surface area contributed by atoms with Gasteiger partial charge >= 0.3 is 0 Å². The monoisotopic (exact) mass is 318 g/mol. The van der Waals surface area contributed by atoms with E-state index in [4.69, 9.17) is 10.5 Å². The normalized spacial score (nSPS) is 9.14. The molecule has 36 valence electrons. The Labute approximate surface area is 68.8 Å². The largest absolute Gasteiger partial charge is 0.243 e. The minimum Gasteiger partial charge on any atom is -0.195 e. The van der Waals surface area contributed by atoms with Gasteiger partial charge in [0.05, 0.1) is 0 Å². The number of alkyl halides is 2. The van der Waals surface area contributed by atoms with Gasteiger partial charge in [-0.15, -0.1) is 0 Å². The van der Waals surface area contributed by atoms with Gasteiger partial charge in [0.15, 0.2) is 0 Å². The van der Waals surface area contributed by atoms with Crippen molar-refractivity contribution in [2.75, 3.05) is 0 Å². The smallest absolute Gasteiger partial charge is 0.195 e. The van der Waals surface area contributed by atoms with Crippen molar-refractivity contribution in [2.45, 2.75) is 1.43 Å². The van der Waals surface area contributed by atoms with Crippen LogP contribution in [0.4, 0.5) is 0 Å². The molecule has 0 aliphatic heterocycles. The van der Waals surface area contributed by atoms with E-state index >= 15 is 0 Å². The molecule has 2 nitrogen and oxygen atoms in total. The summed E-state index contributed by atoms with van der Waals surface area (Å²) in [6.45, 7) is 0. The van der Waals surface area contributed by atoms with Gasteiger partial charge in [0.2, 0.25) is 1.43 Å². The van der Waals surface area contributed by atoms with E-state index in [-0.39, 0.29) is 0 Å². The van der Waals surface area contributed by atoms with Crippen molar-refractivity contribution in [1.82, 2.24) is 0 Å². The first-order chi connectivity index (χ1) is 3.12. The van der Waals surface area contributed by atoms with Crippen molar-refractivity contribution in [3.8, 4) is 12.1 Å². The van der Waals surface area contributed by atoms with Crippen LogP contribution in [0, 0.1) is 22.7 Å². The van der Waals surface area contributed by atoms with Gasteiger partial charge in [-0.05, 0) is 45.2 Å². The van der Waals surface area contributed by atoms with Gasteiger partial charge in [0.1, 0.15) is 12.1 Å². The van der Waals surface area contributed by atoms with E-state index in [0.29, 0.717) is 0 Å². The Bertz CT molecular complexity index is 122. The van der Waals surface area contributed by atoms with E-state index < -0.39 is 1.43 Å². The highest BCUT2D eigenvalue weighted by Gasteiger charge is 2.18. The molecule has 0 rings (SSSR count). The summed E-state index contributed by atoms with van der Waals surface area (Å²) in [6, 6.07) is 3.61. The number of halogens is 2. The lowest BCUT2D eigenvalue weighted by Crippen LogP contribution is -1.99. The van der Waals surface area contributed by atoms with Gasteiger partial charge in [-0.2, -0.15) is 10.5 Å². The van der Waals surface area contributed by atoms with Gasteiger partial charge in [-0.1, -0.05) is 0 Å². The van der Waals surface area contributed by atoms with Crippen LogP contribution in [0.1, 0.15) is 0 Å². The zero-order valence-electron chi connectivity index (χ0n) is 3.15. The summed E-state index contributed by atoms with van der Waals surface area (Å²) < 4.78 is -0.866. The van der Waals surface area contributed by atoms with E-state index in [1.54, 1.807) is 57.3 Å². The number of hydrogen-bond donors (Lipinski definition) is 0. The molecule has 0 aliphatic rings. The van der Waals surface area contributed by atoms with Crippen LogP contribution in [0.15, 0.2) is 0 Å². The standard InChI is InChI=1S/C3I2N2/c4-3(5,1-6)2-7. The molecule has 0 atom stereocenters. The summed E-state index contributed by atoms with van der Waals surface area (Å²) >= 11 is 3.54. The lowest BCUT2D eigenvalue weighted by atomic mass is 10.5. The van der Waals surface area contributed by atoms with E-state index in [1.807, 2.05) is 0 Å². The molecule has 7 heavy (non-hydrogen) atoms. The van der Waals surface area contributed by atoms with Crippen LogP contribution < -0.4 is 0 Å². The summed E-state index contributed by atoms with van der Waals surface area (Å²) in [4.78, 5) is 0. The van der Waals surface area contributed by atoms with Crippen LogP contribution >= 0.6 is 45.2 Å². The minimum atomic E-state index is -0.866. The van der Waals surface area contributed by atoms with E-state index in [9.17, 15) is 0 Å². The van der Waals surface area contributed by atoms with Crippen molar-refractivity contribution in [3.05, 3.63) is 0 Å². The third kappa shape index (κ3) is 3.06. The fourth-order valence-corrected chi connectivity index (χ4v) is 0.0250. The van der Waals surface area contributed by atoms with Crippen molar-refractivity contribution >= 4 is 45.2 Å². The first kappa shape index (κ1) is 7.44. The first-order valence-electron chi connectivity index (χ1n) is 1.33.